The molecule has 0 saturated heterocycles. The third-order valence-corrected chi connectivity index (χ3v) is 3.75. The number of rotatable bonds is 3. The molecule has 0 amide bonds. The molecule has 1 N–H and O–H groups in total. The van der Waals surface area contributed by atoms with Crippen LogP contribution in [-0.2, 0) is 6.54 Å². The Kier molecular flexibility index (Phi) is 3.77. The highest BCUT2D eigenvalue weighted by Crippen LogP contribution is 2.25. The Morgan fingerprint density at radius 3 is 2.80 bits per heavy atom. The van der Waals surface area contributed by atoms with Crippen molar-refractivity contribution in [3.63, 3.8) is 0 Å². The highest BCUT2D eigenvalue weighted by atomic mass is 35.5. The number of benzene rings is 2. The van der Waals surface area contributed by atoms with E-state index in [1.54, 1.807) is 12.3 Å². The van der Waals surface area contributed by atoms with Crippen molar-refractivity contribution in [2.24, 2.45) is 0 Å². The van der Waals surface area contributed by atoms with Gasteiger partial charge in [-0.25, -0.2) is 0 Å². The molecule has 100 valence electrons. The van der Waals surface area contributed by atoms with E-state index >= 15 is 0 Å². The van der Waals surface area contributed by atoms with Crippen LogP contribution in [0.1, 0.15) is 5.56 Å². The molecule has 0 fully saturated rings. The van der Waals surface area contributed by atoms with Gasteiger partial charge >= 0.3 is 0 Å². The quantitative estimate of drug-likeness (QED) is 0.723. The van der Waals surface area contributed by atoms with Crippen LogP contribution in [0.15, 0.2) is 54.9 Å². The Balaban J connectivity index is 1.87. The van der Waals surface area contributed by atoms with Gasteiger partial charge in [0.2, 0.25) is 0 Å². The molecule has 4 heteroatoms. The molecular formula is C16H12Cl2N2. The van der Waals surface area contributed by atoms with Gasteiger partial charge in [0.25, 0.3) is 0 Å². The maximum atomic E-state index is 6.18. The molecule has 0 spiro atoms. The number of hydrogen-bond donors (Lipinski definition) is 1. The number of pyridine rings is 1. The first-order chi connectivity index (χ1) is 9.74. The molecule has 0 bridgehead atoms. The second kappa shape index (κ2) is 5.70. The van der Waals surface area contributed by atoms with Crippen LogP contribution in [0.3, 0.4) is 0 Å². The molecule has 0 radical (unpaired) electrons. The molecular weight excluding hydrogens is 291 g/mol. The average molecular weight is 303 g/mol. The van der Waals surface area contributed by atoms with Gasteiger partial charge in [-0.1, -0.05) is 41.4 Å². The van der Waals surface area contributed by atoms with Crippen molar-refractivity contribution in [3.8, 4) is 0 Å². The summed E-state index contributed by atoms with van der Waals surface area (Å²) in [5.41, 5.74) is 2.08. The van der Waals surface area contributed by atoms with E-state index in [4.69, 9.17) is 23.2 Å². The fourth-order valence-corrected chi connectivity index (χ4v) is 2.61. The van der Waals surface area contributed by atoms with Gasteiger partial charge in [0.05, 0.1) is 0 Å². The zero-order chi connectivity index (χ0) is 13.9. The Bertz CT molecular complexity index is 751. The zero-order valence-corrected chi connectivity index (χ0v) is 12.1. The lowest BCUT2D eigenvalue weighted by Gasteiger charge is -2.11. The number of hydrogen-bond acceptors (Lipinski definition) is 2. The summed E-state index contributed by atoms with van der Waals surface area (Å²) in [5, 5.41) is 6.99. The standard InChI is InChI=1S/C16H12Cl2N2/c17-13-5-4-12(15(18)8-13)10-20-16-3-1-2-11-9-19-7-6-14(11)16/h1-9,20H,10H2. The Labute approximate surface area is 127 Å². The van der Waals surface area contributed by atoms with Gasteiger partial charge < -0.3 is 5.32 Å². The third kappa shape index (κ3) is 2.72. The van der Waals surface area contributed by atoms with Crippen molar-refractivity contribution >= 4 is 39.7 Å². The number of fused-ring (bicyclic) bond motifs is 1. The van der Waals surface area contributed by atoms with E-state index in [2.05, 4.69) is 10.3 Å². The van der Waals surface area contributed by atoms with Crippen LogP contribution >= 0.6 is 23.2 Å². The van der Waals surface area contributed by atoms with Gasteiger partial charge in [-0.05, 0) is 29.8 Å². The largest absolute Gasteiger partial charge is 0.380 e. The van der Waals surface area contributed by atoms with Gasteiger partial charge in [-0.3, -0.25) is 4.98 Å². The van der Waals surface area contributed by atoms with Gasteiger partial charge in [0.15, 0.2) is 0 Å². The molecule has 1 heterocycles. The molecule has 0 atom stereocenters. The highest BCUT2D eigenvalue weighted by molar-refractivity contribution is 6.35. The number of nitrogens with zero attached hydrogens (tertiary/aromatic N) is 1. The fraction of sp³-hybridized carbons (Fsp3) is 0.0625. The van der Waals surface area contributed by atoms with E-state index in [0.29, 0.717) is 16.6 Å². The molecule has 3 aromatic rings. The first-order valence-corrected chi connectivity index (χ1v) is 7.00. The number of nitrogens with one attached hydrogen (secondary N) is 1. The van der Waals surface area contributed by atoms with Crippen LogP contribution in [0, 0.1) is 0 Å². The van der Waals surface area contributed by atoms with Crippen LogP contribution in [0.5, 0.6) is 0 Å². The van der Waals surface area contributed by atoms with E-state index < -0.39 is 0 Å². The second-order valence-corrected chi connectivity index (χ2v) is 5.34. The molecule has 0 saturated carbocycles. The van der Waals surface area contributed by atoms with Crippen LogP contribution in [0.4, 0.5) is 5.69 Å². The van der Waals surface area contributed by atoms with E-state index in [1.807, 2.05) is 42.6 Å². The maximum Gasteiger partial charge on any atom is 0.0470 e. The van der Waals surface area contributed by atoms with Crippen molar-refractivity contribution in [1.82, 2.24) is 4.98 Å². The summed E-state index contributed by atoms with van der Waals surface area (Å²) < 4.78 is 0. The predicted octanol–water partition coefficient (Wildman–Crippen LogP) is 5.15. The molecule has 3 rings (SSSR count). The molecule has 0 aliphatic heterocycles. The van der Waals surface area contributed by atoms with Crippen LogP contribution in [0.25, 0.3) is 10.8 Å². The van der Waals surface area contributed by atoms with Gasteiger partial charge in [-0.15, -0.1) is 0 Å². The zero-order valence-electron chi connectivity index (χ0n) is 10.6. The summed E-state index contributed by atoms with van der Waals surface area (Å²) in [6, 6.07) is 13.6. The van der Waals surface area contributed by atoms with E-state index in [1.165, 1.54) is 0 Å². The summed E-state index contributed by atoms with van der Waals surface area (Å²) in [7, 11) is 0. The normalized spacial score (nSPS) is 10.7. The Morgan fingerprint density at radius 1 is 1.05 bits per heavy atom. The molecule has 2 aromatic carbocycles. The van der Waals surface area contributed by atoms with Crippen molar-refractivity contribution < 1.29 is 0 Å². The van der Waals surface area contributed by atoms with Crippen LogP contribution < -0.4 is 5.32 Å². The van der Waals surface area contributed by atoms with E-state index in [-0.39, 0.29) is 0 Å². The molecule has 1 aromatic heterocycles. The number of anilines is 1. The van der Waals surface area contributed by atoms with Crippen molar-refractivity contribution in [3.05, 3.63) is 70.5 Å². The molecule has 20 heavy (non-hydrogen) atoms. The summed E-state index contributed by atoms with van der Waals surface area (Å²) in [4.78, 5) is 4.13. The topological polar surface area (TPSA) is 24.9 Å². The molecule has 0 aliphatic carbocycles. The van der Waals surface area contributed by atoms with Gasteiger partial charge in [0, 0.05) is 45.4 Å². The van der Waals surface area contributed by atoms with Crippen molar-refractivity contribution in [2.45, 2.75) is 6.54 Å². The summed E-state index contributed by atoms with van der Waals surface area (Å²) in [6.07, 6.45) is 3.65. The second-order valence-electron chi connectivity index (χ2n) is 4.49. The summed E-state index contributed by atoms with van der Waals surface area (Å²) in [5.74, 6) is 0. The first kappa shape index (κ1) is 13.2. The Morgan fingerprint density at radius 2 is 1.95 bits per heavy atom. The number of aromatic nitrogens is 1. The van der Waals surface area contributed by atoms with Gasteiger partial charge in [-0.2, -0.15) is 0 Å². The number of halogens is 2. The third-order valence-electron chi connectivity index (χ3n) is 3.17. The minimum Gasteiger partial charge on any atom is -0.380 e. The minimum atomic E-state index is 0.648. The fourth-order valence-electron chi connectivity index (χ4n) is 2.13. The average Bonchev–Trinajstić information content (AvgIpc) is 2.46. The smallest absolute Gasteiger partial charge is 0.0470 e. The van der Waals surface area contributed by atoms with Crippen LogP contribution in [-0.4, -0.2) is 4.98 Å². The lowest BCUT2D eigenvalue weighted by molar-refractivity contribution is 1.15. The maximum absolute atomic E-state index is 6.18. The first-order valence-electron chi connectivity index (χ1n) is 6.24. The van der Waals surface area contributed by atoms with Crippen molar-refractivity contribution in [2.75, 3.05) is 5.32 Å². The highest BCUT2D eigenvalue weighted by Gasteiger charge is 2.03. The van der Waals surface area contributed by atoms with E-state index in [0.717, 1.165) is 22.0 Å². The molecule has 0 aliphatic rings. The summed E-state index contributed by atoms with van der Waals surface area (Å²) >= 11 is 12.1. The lowest BCUT2D eigenvalue weighted by atomic mass is 10.1. The SMILES string of the molecule is Clc1ccc(CNc2cccc3cnccc23)c(Cl)c1. The molecule has 0 unspecified atom stereocenters. The summed E-state index contributed by atoms with van der Waals surface area (Å²) in [6.45, 7) is 0.650. The monoisotopic (exact) mass is 302 g/mol. The minimum absolute atomic E-state index is 0.648. The predicted molar refractivity (Wildman–Crippen MR) is 85.5 cm³/mol. The van der Waals surface area contributed by atoms with E-state index in [9.17, 15) is 0 Å². The Hall–Kier alpha value is -1.77. The van der Waals surface area contributed by atoms with Crippen LogP contribution in [0.2, 0.25) is 10.0 Å². The van der Waals surface area contributed by atoms with Crippen molar-refractivity contribution in [1.29, 1.82) is 0 Å². The lowest BCUT2D eigenvalue weighted by Crippen LogP contribution is -2.00. The van der Waals surface area contributed by atoms with Gasteiger partial charge in [0.1, 0.15) is 0 Å². The molecule has 2 nitrogen and oxygen atoms in total.